The average molecular weight is 266 g/mol. The normalized spacial score (nSPS) is 18.9. The summed E-state index contributed by atoms with van der Waals surface area (Å²) in [5.74, 6) is 0.931. The van der Waals surface area contributed by atoms with Gasteiger partial charge in [0.2, 0.25) is 0 Å². The Labute approximate surface area is 114 Å². The summed E-state index contributed by atoms with van der Waals surface area (Å²) in [6.45, 7) is 3.70. The molecule has 1 aliphatic carbocycles. The van der Waals surface area contributed by atoms with Gasteiger partial charge in [-0.15, -0.1) is 0 Å². The SMILES string of the molecule is CCNC1CCCc2cc(OCC=CCl)ccc21. The molecular formula is C15H20ClNO. The summed E-state index contributed by atoms with van der Waals surface area (Å²) < 4.78 is 5.62. The summed E-state index contributed by atoms with van der Waals surface area (Å²) >= 11 is 5.47. The Morgan fingerprint density at radius 3 is 3.17 bits per heavy atom. The quantitative estimate of drug-likeness (QED) is 0.874. The van der Waals surface area contributed by atoms with E-state index in [1.54, 1.807) is 6.08 Å². The Bertz CT molecular complexity index is 417. The smallest absolute Gasteiger partial charge is 0.120 e. The Morgan fingerprint density at radius 1 is 1.50 bits per heavy atom. The number of aryl methyl sites for hydroxylation is 1. The molecule has 98 valence electrons. The second-order valence-electron chi connectivity index (χ2n) is 4.54. The van der Waals surface area contributed by atoms with Crippen molar-refractivity contribution in [3.8, 4) is 5.75 Å². The molecule has 0 aromatic heterocycles. The Morgan fingerprint density at radius 2 is 2.39 bits per heavy atom. The maximum atomic E-state index is 5.62. The van der Waals surface area contributed by atoms with Crippen LogP contribution < -0.4 is 10.1 Å². The molecule has 0 spiro atoms. The molecule has 3 heteroatoms. The van der Waals surface area contributed by atoms with Crippen LogP contribution >= 0.6 is 11.6 Å². The van der Waals surface area contributed by atoms with Crippen LogP contribution in [0.3, 0.4) is 0 Å². The van der Waals surface area contributed by atoms with Gasteiger partial charge in [0.1, 0.15) is 12.4 Å². The minimum atomic E-state index is 0.510. The van der Waals surface area contributed by atoms with E-state index in [2.05, 4.69) is 30.4 Å². The fraction of sp³-hybridized carbons (Fsp3) is 0.467. The van der Waals surface area contributed by atoms with E-state index in [0.717, 1.165) is 18.7 Å². The third-order valence-electron chi connectivity index (χ3n) is 3.31. The number of nitrogens with one attached hydrogen (secondary N) is 1. The molecule has 2 nitrogen and oxygen atoms in total. The van der Waals surface area contributed by atoms with E-state index in [0.29, 0.717) is 12.6 Å². The molecule has 1 N–H and O–H groups in total. The Balaban J connectivity index is 2.11. The molecule has 1 aliphatic rings. The first kappa shape index (κ1) is 13.4. The van der Waals surface area contributed by atoms with Gasteiger partial charge in [0.15, 0.2) is 0 Å². The van der Waals surface area contributed by atoms with E-state index in [1.165, 1.54) is 29.5 Å². The fourth-order valence-corrected chi connectivity index (χ4v) is 2.59. The summed E-state index contributed by atoms with van der Waals surface area (Å²) in [7, 11) is 0. The first-order chi connectivity index (χ1) is 8.85. The van der Waals surface area contributed by atoms with Gasteiger partial charge in [-0.2, -0.15) is 0 Å². The van der Waals surface area contributed by atoms with Crippen LogP contribution in [-0.4, -0.2) is 13.2 Å². The van der Waals surface area contributed by atoms with E-state index >= 15 is 0 Å². The van der Waals surface area contributed by atoms with Gasteiger partial charge in [-0.05, 0) is 55.1 Å². The monoisotopic (exact) mass is 265 g/mol. The number of halogens is 1. The molecule has 0 fully saturated rings. The van der Waals surface area contributed by atoms with Crippen LogP contribution in [0.25, 0.3) is 0 Å². The zero-order chi connectivity index (χ0) is 12.8. The zero-order valence-corrected chi connectivity index (χ0v) is 11.5. The van der Waals surface area contributed by atoms with Crippen molar-refractivity contribution in [2.24, 2.45) is 0 Å². The highest BCUT2D eigenvalue weighted by Crippen LogP contribution is 2.32. The third kappa shape index (κ3) is 3.27. The number of benzene rings is 1. The molecule has 0 amide bonds. The van der Waals surface area contributed by atoms with Crippen molar-refractivity contribution >= 4 is 11.6 Å². The highest BCUT2D eigenvalue weighted by molar-refractivity contribution is 6.25. The lowest BCUT2D eigenvalue weighted by Crippen LogP contribution is -2.24. The van der Waals surface area contributed by atoms with Crippen LogP contribution in [0.4, 0.5) is 0 Å². The first-order valence-electron chi connectivity index (χ1n) is 6.59. The molecule has 1 unspecified atom stereocenters. The molecular weight excluding hydrogens is 246 g/mol. The Kier molecular flexibility index (Phi) is 5.09. The molecule has 0 saturated carbocycles. The van der Waals surface area contributed by atoms with Crippen LogP contribution in [0.5, 0.6) is 5.75 Å². The highest BCUT2D eigenvalue weighted by Gasteiger charge is 2.19. The molecule has 2 rings (SSSR count). The van der Waals surface area contributed by atoms with Crippen molar-refractivity contribution in [2.45, 2.75) is 32.2 Å². The number of fused-ring (bicyclic) bond motifs is 1. The Hall–Kier alpha value is -0.990. The number of ether oxygens (including phenoxy) is 1. The fourth-order valence-electron chi connectivity index (χ4n) is 2.52. The lowest BCUT2D eigenvalue weighted by molar-refractivity contribution is 0.361. The second kappa shape index (κ2) is 6.81. The summed E-state index contributed by atoms with van der Waals surface area (Å²) in [5.41, 5.74) is 4.34. The summed E-state index contributed by atoms with van der Waals surface area (Å²) in [6, 6.07) is 6.93. The van der Waals surface area contributed by atoms with Crippen molar-refractivity contribution < 1.29 is 4.74 Å². The van der Waals surface area contributed by atoms with Crippen molar-refractivity contribution in [3.05, 3.63) is 40.9 Å². The number of rotatable bonds is 5. The highest BCUT2D eigenvalue weighted by atomic mass is 35.5. The van der Waals surface area contributed by atoms with Gasteiger partial charge in [-0.3, -0.25) is 0 Å². The topological polar surface area (TPSA) is 21.3 Å². The van der Waals surface area contributed by atoms with Crippen LogP contribution in [0.1, 0.15) is 36.9 Å². The first-order valence-corrected chi connectivity index (χ1v) is 7.03. The minimum absolute atomic E-state index is 0.510. The van der Waals surface area contributed by atoms with Gasteiger partial charge in [-0.1, -0.05) is 24.6 Å². The molecule has 1 atom stereocenters. The van der Waals surface area contributed by atoms with Crippen LogP contribution in [0.15, 0.2) is 29.8 Å². The van der Waals surface area contributed by atoms with Crippen LogP contribution in [0.2, 0.25) is 0 Å². The van der Waals surface area contributed by atoms with Gasteiger partial charge < -0.3 is 10.1 Å². The molecule has 0 saturated heterocycles. The van der Waals surface area contributed by atoms with Gasteiger partial charge in [0.25, 0.3) is 0 Å². The lowest BCUT2D eigenvalue weighted by Gasteiger charge is -2.26. The van der Waals surface area contributed by atoms with E-state index in [4.69, 9.17) is 16.3 Å². The molecule has 0 aliphatic heterocycles. The van der Waals surface area contributed by atoms with E-state index in [-0.39, 0.29) is 0 Å². The van der Waals surface area contributed by atoms with E-state index in [1.807, 2.05) is 0 Å². The minimum Gasteiger partial charge on any atom is -0.489 e. The maximum Gasteiger partial charge on any atom is 0.120 e. The predicted octanol–water partition coefficient (Wildman–Crippen LogP) is 3.80. The summed E-state index contributed by atoms with van der Waals surface area (Å²) in [6.07, 6.45) is 5.42. The summed E-state index contributed by atoms with van der Waals surface area (Å²) in [5, 5.41) is 3.54. The largest absolute Gasteiger partial charge is 0.489 e. The zero-order valence-electron chi connectivity index (χ0n) is 10.8. The van der Waals surface area contributed by atoms with Crippen molar-refractivity contribution in [1.29, 1.82) is 0 Å². The number of hydrogen-bond acceptors (Lipinski definition) is 2. The van der Waals surface area contributed by atoms with Gasteiger partial charge >= 0.3 is 0 Å². The van der Waals surface area contributed by atoms with Crippen molar-refractivity contribution in [3.63, 3.8) is 0 Å². The molecule has 0 heterocycles. The lowest BCUT2D eigenvalue weighted by atomic mass is 9.87. The molecule has 0 radical (unpaired) electrons. The van der Waals surface area contributed by atoms with Gasteiger partial charge in [-0.25, -0.2) is 0 Å². The standard InChI is InChI=1S/C15H20ClNO/c1-2-17-15-6-3-5-12-11-13(7-8-14(12)15)18-10-4-9-16/h4,7-9,11,15,17H,2-3,5-6,10H2,1H3. The van der Waals surface area contributed by atoms with E-state index in [9.17, 15) is 0 Å². The molecule has 18 heavy (non-hydrogen) atoms. The molecule has 1 aromatic rings. The summed E-state index contributed by atoms with van der Waals surface area (Å²) in [4.78, 5) is 0. The van der Waals surface area contributed by atoms with Gasteiger partial charge in [0, 0.05) is 11.6 Å². The third-order valence-corrected chi connectivity index (χ3v) is 3.49. The second-order valence-corrected chi connectivity index (χ2v) is 4.79. The van der Waals surface area contributed by atoms with Crippen molar-refractivity contribution in [1.82, 2.24) is 5.32 Å². The van der Waals surface area contributed by atoms with Crippen LogP contribution in [0, 0.1) is 0 Å². The average Bonchev–Trinajstić information content (AvgIpc) is 2.39. The van der Waals surface area contributed by atoms with Gasteiger partial charge in [0.05, 0.1) is 0 Å². The maximum absolute atomic E-state index is 5.62. The van der Waals surface area contributed by atoms with Crippen molar-refractivity contribution in [2.75, 3.05) is 13.2 Å². The molecule has 0 bridgehead atoms. The van der Waals surface area contributed by atoms with E-state index < -0.39 is 0 Å². The van der Waals surface area contributed by atoms with Crippen LogP contribution in [-0.2, 0) is 6.42 Å². The predicted molar refractivity (Wildman–Crippen MR) is 76.3 cm³/mol. The molecule has 1 aromatic carbocycles. The number of hydrogen-bond donors (Lipinski definition) is 1.